The van der Waals surface area contributed by atoms with Gasteiger partial charge in [0.05, 0.1) is 5.52 Å². The predicted molar refractivity (Wildman–Crippen MR) is 92.8 cm³/mol. The van der Waals surface area contributed by atoms with Crippen LogP contribution in [0.25, 0.3) is 11.1 Å². The van der Waals surface area contributed by atoms with Gasteiger partial charge in [-0.3, -0.25) is 14.6 Å². The summed E-state index contributed by atoms with van der Waals surface area (Å²) in [6.07, 6.45) is 0.265. The molecule has 0 unspecified atom stereocenters. The molecule has 1 aromatic carbocycles. The number of fused-ring (bicyclic) bond motifs is 1. The molecule has 0 aliphatic rings. The van der Waals surface area contributed by atoms with Gasteiger partial charge in [-0.15, -0.1) is 11.3 Å². The van der Waals surface area contributed by atoms with Crippen LogP contribution in [0.5, 0.6) is 0 Å². The van der Waals surface area contributed by atoms with Crippen molar-refractivity contribution in [2.75, 3.05) is 5.32 Å². The van der Waals surface area contributed by atoms with E-state index in [4.69, 9.17) is 4.42 Å². The second-order valence-electron chi connectivity index (χ2n) is 5.52. The van der Waals surface area contributed by atoms with Crippen LogP contribution in [0.4, 0.5) is 5.69 Å². The van der Waals surface area contributed by atoms with Crippen LogP contribution in [0.2, 0.25) is 0 Å². The Hall–Kier alpha value is -2.67. The van der Waals surface area contributed by atoms with Gasteiger partial charge in [-0.05, 0) is 38.1 Å². The predicted octanol–water partition coefficient (Wildman–Crippen LogP) is 3.40. The van der Waals surface area contributed by atoms with Crippen LogP contribution in [-0.2, 0) is 4.79 Å². The SMILES string of the molecule is Cc1cc(C(=O)CCC(=O)Nc2ccc3oc(=O)[nH]c3c2)c(C)s1. The molecule has 124 valence electrons. The van der Waals surface area contributed by atoms with Gasteiger partial charge in [0.25, 0.3) is 0 Å². The molecule has 0 saturated carbocycles. The molecule has 3 aromatic rings. The summed E-state index contributed by atoms with van der Waals surface area (Å²) in [6, 6.07) is 6.73. The van der Waals surface area contributed by atoms with Crippen LogP contribution in [0.3, 0.4) is 0 Å². The number of hydrogen-bond donors (Lipinski definition) is 2. The number of nitrogens with one attached hydrogen (secondary N) is 2. The number of ketones is 1. The van der Waals surface area contributed by atoms with Crippen LogP contribution in [0.15, 0.2) is 33.5 Å². The lowest BCUT2D eigenvalue weighted by Crippen LogP contribution is -2.13. The zero-order valence-corrected chi connectivity index (χ0v) is 14.1. The minimum absolute atomic E-state index is 0.0263. The number of aromatic nitrogens is 1. The molecule has 2 N–H and O–H groups in total. The Labute approximate surface area is 141 Å². The Bertz CT molecular complexity index is 980. The van der Waals surface area contributed by atoms with Gasteiger partial charge in [0.1, 0.15) is 0 Å². The third kappa shape index (κ3) is 3.46. The molecule has 24 heavy (non-hydrogen) atoms. The average Bonchev–Trinajstić information content (AvgIpc) is 3.05. The number of amides is 1. The fraction of sp³-hybridized carbons (Fsp3) is 0.235. The molecule has 0 spiro atoms. The van der Waals surface area contributed by atoms with E-state index in [1.807, 2.05) is 19.9 Å². The van der Waals surface area contributed by atoms with Crippen molar-refractivity contribution in [1.29, 1.82) is 0 Å². The lowest BCUT2D eigenvalue weighted by Gasteiger charge is -2.05. The number of anilines is 1. The number of benzene rings is 1. The first-order chi connectivity index (χ1) is 11.4. The lowest BCUT2D eigenvalue weighted by atomic mass is 10.1. The molecule has 7 heteroatoms. The standard InChI is InChI=1S/C17H16N2O4S/c1-9-7-12(10(2)24-9)14(20)4-6-16(21)18-11-3-5-15-13(8-11)19-17(22)23-15/h3,5,7-8H,4,6H2,1-2H3,(H,18,21)(H,19,22). The highest BCUT2D eigenvalue weighted by Crippen LogP contribution is 2.22. The number of carbonyl (C=O) groups is 2. The van der Waals surface area contributed by atoms with Crippen molar-refractivity contribution in [2.24, 2.45) is 0 Å². The Morgan fingerprint density at radius 3 is 2.71 bits per heavy atom. The topological polar surface area (TPSA) is 92.2 Å². The minimum Gasteiger partial charge on any atom is -0.408 e. The fourth-order valence-electron chi connectivity index (χ4n) is 2.52. The maximum atomic E-state index is 12.2. The fourth-order valence-corrected chi connectivity index (χ4v) is 3.47. The zero-order chi connectivity index (χ0) is 17.3. The van der Waals surface area contributed by atoms with E-state index in [9.17, 15) is 14.4 Å². The van der Waals surface area contributed by atoms with Gasteiger partial charge in [-0.1, -0.05) is 0 Å². The van der Waals surface area contributed by atoms with Gasteiger partial charge < -0.3 is 9.73 Å². The molecule has 2 aromatic heterocycles. The number of thiophene rings is 1. The summed E-state index contributed by atoms with van der Waals surface area (Å²) in [5.74, 6) is -0.819. The summed E-state index contributed by atoms with van der Waals surface area (Å²) in [5, 5.41) is 2.72. The molecule has 3 rings (SSSR count). The maximum absolute atomic E-state index is 12.2. The lowest BCUT2D eigenvalue weighted by molar-refractivity contribution is -0.116. The van der Waals surface area contributed by atoms with Crippen molar-refractivity contribution < 1.29 is 14.0 Å². The van der Waals surface area contributed by atoms with Crippen molar-refractivity contribution in [3.8, 4) is 0 Å². The number of carbonyl (C=O) groups excluding carboxylic acids is 2. The number of H-pyrrole nitrogens is 1. The van der Waals surface area contributed by atoms with Gasteiger partial charge in [0, 0.05) is 33.8 Å². The third-order valence-corrected chi connectivity index (χ3v) is 4.59. The minimum atomic E-state index is -0.541. The molecule has 0 fully saturated rings. The van der Waals surface area contributed by atoms with Crippen LogP contribution in [0, 0.1) is 13.8 Å². The summed E-state index contributed by atoms with van der Waals surface area (Å²) >= 11 is 1.58. The first-order valence-corrected chi connectivity index (χ1v) is 8.27. The summed E-state index contributed by atoms with van der Waals surface area (Å²) < 4.78 is 4.90. The molecule has 0 aliphatic carbocycles. The zero-order valence-electron chi connectivity index (χ0n) is 13.3. The Kier molecular flexibility index (Phi) is 4.35. The van der Waals surface area contributed by atoms with Crippen molar-refractivity contribution in [3.63, 3.8) is 0 Å². The smallest absolute Gasteiger partial charge is 0.408 e. The molecule has 0 atom stereocenters. The summed E-state index contributed by atoms with van der Waals surface area (Å²) in [5.41, 5.74) is 2.18. The first-order valence-electron chi connectivity index (χ1n) is 7.45. The third-order valence-electron chi connectivity index (χ3n) is 3.62. The van der Waals surface area contributed by atoms with Crippen LogP contribution >= 0.6 is 11.3 Å². The molecule has 2 heterocycles. The number of hydrogen-bond acceptors (Lipinski definition) is 5. The van der Waals surface area contributed by atoms with Gasteiger partial charge in [-0.25, -0.2) is 4.79 Å². The summed E-state index contributed by atoms with van der Waals surface area (Å²) in [6.45, 7) is 3.86. The highest BCUT2D eigenvalue weighted by molar-refractivity contribution is 7.12. The van der Waals surface area contributed by atoms with E-state index in [0.29, 0.717) is 22.4 Å². The number of oxazole rings is 1. The largest absolute Gasteiger partial charge is 0.417 e. The van der Waals surface area contributed by atoms with E-state index < -0.39 is 5.76 Å². The van der Waals surface area contributed by atoms with Crippen LogP contribution in [0.1, 0.15) is 33.0 Å². The molecular formula is C17H16N2O4S. The summed E-state index contributed by atoms with van der Waals surface area (Å²) in [7, 11) is 0. The molecule has 0 bridgehead atoms. The van der Waals surface area contributed by atoms with Gasteiger partial charge in [0.15, 0.2) is 11.4 Å². The number of aromatic amines is 1. The van der Waals surface area contributed by atoms with Crippen LogP contribution < -0.4 is 11.1 Å². The molecule has 1 amide bonds. The normalized spacial score (nSPS) is 10.9. The highest BCUT2D eigenvalue weighted by Gasteiger charge is 2.14. The molecule has 0 saturated heterocycles. The van der Waals surface area contributed by atoms with E-state index in [2.05, 4.69) is 10.3 Å². The average molecular weight is 344 g/mol. The Morgan fingerprint density at radius 2 is 2.00 bits per heavy atom. The second kappa shape index (κ2) is 6.45. The molecular weight excluding hydrogens is 328 g/mol. The quantitative estimate of drug-likeness (QED) is 0.694. The molecule has 6 nitrogen and oxygen atoms in total. The second-order valence-corrected chi connectivity index (χ2v) is 6.98. The Morgan fingerprint density at radius 1 is 1.21 bits per heavy atom. The molecule has 0 aliphatic heterocycles. The van der Waals surface area contributed by atoms with Crippen molar-refractivity contribution in [1.82, 2.24) is 4.98 Å². The Balaban J connectivity index is 1.61. The highest BCUT2D eigenvalue weighted by atomic mass is 32.1. The maximum Gasteiger partial charge on any atom is 0.417 e. The van der Waals surface area contributed by atoms with E-state index in [-0.39, 0.29) is 24.5 Å². The van der Waals surface area contributed by atoms with E-state index in [1.54, 1.807) is 29.5 Å². The van der Waals surface area contributed by atoms with Gasteiger partial charge in [0.2, 0.25) is 5.91 Å². The molecule has 0 radical (unpaired) electrons. The number of Topliss-reactive ketones (excluding diaryl/α,β-unsaturated/α-hetero) is 1. The van der Waals surface area contributed by atoms with Crippen molar-refractivity contribution in [3.05, 3.63) is 50.1 Å². The van der Waals surface area contributed by atoms with E-state index in [1.165, 1.54) is 0 Å². The van der Waals surface area contributed by atoms with Crippen molar-refractivity contribution in [2.45, 2.75) is 26.7 Å². The number of rotatable bonds is 5. The monoisotopic (exact) mass is 344 g/mol. The summed E-state index contributed by atoms with van der Waals surface area (Å²) in [4.78, 5) is 39.9. The van der Waals surface area contributed by atoms with E-state index >= 15 is 0 Å². The van der Waals surface area contributed by atoms with Crippen LogP contribution in [-0.4, -0.2) is 16.7 Å². The van der Waals surface area contributed by atoms with E-state index in [0.717, 1.165) is 9.75 Å². The van der Waals surface area contributed by atoms with Crippen molar-refractivity contribution >= 4 is 39.8 Å². The van der Waals surface area contributed by atoms with Gasteiger partial charge in [-0.2, -0.15) is 0 Å². The number of aryl methyl sites for hydroxylation is 2. The van der Waals surface area contributed by atoms with Gasteiger partial charge >= 0.3 is 5.76 Å². The first kappa shape index (κ1) is 16.2.